The monoisotopic (exact) mass is 359 g/mol. The van der Waals surface area contributed by atoms with Crippen LogP contribution in [0.15, 0.2) is 35.7 Å². The van der Waals surface area contributed by atoms with E-state index in [1.54, 1.807) is 24.9 Å². The Morgan fingerprint density at radius 2 is 2.20 bits per heavy atom. The molecule has 0 fully saturated rings. The smallest absolute Gasteiger partial charge is 0.231 e. The minimum Gasteiger partial charge on any atom is -0.495 e. The first-order valence-electron chi connectivity index (χ1n) is 7.79. The van der Waals surface area contributed by atoms with Gasteiger partial charge >= 0.3 is 0 Å². The molecule has 0 saturated heterocycles. The zero-order valence-electron chi connectivity index (χ0n) is 14.7. The lowest BCUT2D eigenvalue weighted by atomic mass is 9.90. The molecule has 1 atom stereocenters. The molecule has 0 aliphatic heterocycles. The Balaban J connectivity index is 2.10. The minimum absolute atomic E-state index is 0.00341. The first-order chi connectivity index (χ1) is 11.9. The van der Waals surface area contributed by atoms with E-state index in [0.717, 1.165) is 5.69 Å². The number of nitrogens with zero attached hydrogens (tertiary/aromatic N) is 4. The fraction of sp³-hybridized carbons (Fsp3) is 0.412. The van der Waals surface area contributed by atoms with Gasteiger partial charge in [-0.2, -0.15) is 5.26 Å². The van der Waals surface area contributed by atoms with E-state index in [1.165, 1.54) is 11.8 Å². The topological polar surface area (TPSA) is 92.8 Å². The summed E-state index contributed by atoms with van der Waals surface area (Å²) in [6, 6.07) is 9.66. The zero-order chi connectivity index (χ0) is 18.4. The number of aromatic nitrogens is 3. The van der Waals surface area contributed by atoms with E-state index in [2.05, 4.69) is 21.6 Å². The van der Waals surface area contributed by atoms with Crippen molar-refractivity contribution in [1.82, 2.24) is 20.1 Å². The van der Waals surface area contributed by atoms with E-state index < -0.39 is 5.54 Å². The van der Waals surface area contributed by atoms with Crippen LogP contribution in [-0.4, -0.2) is 39.1 Å². The predicted octanol–water partition coefficient (Wildman–Crippen LogP) is 2.42. The Kier molecular flexibility index (Phi) is 6.04. The van der Waals surface area contributed by atoms with E-state index in [4.69, 9.17) is 4.74 Å². The van der Waals surface area contributed by atoms with Crippen LogP contribution in [0.5, 0.6) is 5.75 Å². The molecule has 2 aromatic rings. The number of nitrogens with one attached hydrogen (secondary N) is 1. The molecule has 0 spiro atoms. The molecular formula is C17H21N5O2S. The van der Waals surface area contributed by atoms with Crippen LogP contribution in [0, 0.1) is 17.2 Å². The summed E-state index contributed by atoms with van der Waals surface area (Å²) in [6.45, 7) is 5.52. The van der Waals surface area contributed by atoms with Gasteiger partial charge in [0.2, 0.25) is 5.91 Å². The number of thioether (sulfide) groups is 1. The molecule has 1 aromatic heterocycles. The van der Waals surface area contributed by atoms with Gasteiger partial charge in [-0.25, -0.2) is 0 Å². The van der Waals surface area contributed by atoms with Gasteiger partial charge in [-0.05, 0) is 25.0 Å². The van der Waals surface area contributed by atoms with Crippen molar-refractivity contribution >= 4 is 17.7 Å². The van der Waals surface area contributed by atoms with E-state index in [1.807, 2.05) is 38.1 Å². The van der Waals surface area contributed by atoms with Crippen molar-refractivity contribution in [2.75, 3.05) is 12.9 Å². The van der Waals surface area contributed by atoms with Crippen molar-refractivity contribution in [3.05, 3.63) is 30.6 Å². The molecule has 0 aliphatic carbocycles. The molecule has 0 bridgehead atoms. The summed E-state index contributed by atoms with van der Waals surface area (Å²) in [6.07, 6.45) is 1.58. The lowest BCUT2D eigenvalue weighted by molar-refractivity contribution is -0.120. The third-order valence-corrected chi connectivity index (χ3v) is 4.92. The first kappa shape index (κ1) is 18.8. The number of hydrogen-bond acceptors (Lipinski definition) is 6. The normalized spacial score (nSPS) is 13.1. The van der Waals surface area contributed by atoms with E-state index >= 15 is 0 Å². The number of methoxy groups -OCH3 is 1. The van der Waals surface area contributed by atoms with Gasteiger partial charge in [0.1, 0.15) is 17.6 Å². The lowest BCUT2D eigenvalue weighted by Gasteiger charge is -2.27. The van der Waals surface area contributed by atoms with Crippen molar-refractivity contribution in [2.24, 2.45) is 5.92 Å². The van der Waals surface area contributed by atoms with Crippen LogP contribution in [0.4, 0.5) is 0 Å². The fourth-order valence-corrected chi connectivity index (χ4v) is 2.80. The summed E-state index contributed by atoms with van der Waals surface area (Å²) >= 11 is 1.25. The average Bonchev–Trinajstić information content (AvgIpc) is 3.08. The average molecular weight is 359 g/mol. The van der Waals surface area contributed by atoms with Gasteiger partial charge in [0.05, 0.1) is 24.6 Å². The maximum atomic E-state index is 12.2. The number of nitriles is 1. The summed E-state index contributed by atoms with van der Waals surface area (Å²) in [4.78, 5) is 12.2. The van der Waals surface area contributed by atoms with Crippen LogP contribution in [-0.2, 0) is 4.79 Å². The van der Waals surface area contributed by atoms with Gasteiger partial charge in [-0.3, -0.25) is 9.36 Å². The second kappa shape index (κ2) is 8.03. The first-order valence-corrected chi connectivity index (χ1v) is 8.78. The van der Waals surface area contributed by atoms with Crippen molar-refractivity contribution in [1.29, 1.82) is 5.26 Å². The molecule has 132 valence electrons. The highest BCUT2D eigenvalue weighted by Crippen LogP contribution is 2.26. The summed E-state index contributed by atoms with van der Waals surface area (Å²) in [5.41, 5.74) is -0.101. The predicted molar refractivity (Wildman–Crippen MR) is 95.6 cm³/mol. The van der Waals surface area contributed by atoms with Gasteiger partial charge in [-0.15, -0.1) is 10.2 Å². The van der Waals surface area contributed by atoms with Crippen molar-refractivity contribution in [3.8, 4) is 17.5 Å². The molecule has 0 saturated carbocycles. The highest BCUT2D eigenvalue weighted by molar-refractivity contribution is 7.99. The maximum absolute atomic E-state index is 12.2. The van der Waals surface area contributed by atoms with Crippen molar-refractivity contribution in [2.45, 2.75) is 31.5 Å². The number of carbonyl (C=O) groups excluding carboxylic acids is 1. The van der Waals surface area contributed by atoms with Crippen LogP contribution >= 0.6 is 11.8 Å². The number of ether oxygens (including phenoxy) is 1. The molecule has 1 N–H and O–H groups in total. The number of benzene rings is 1. The molecule has 0 aliphatic rings. The fourth-order valence-electron chi connectivity index (χ4n) is 2.07. The van der Waals surface area contributed by atoms with Crippen LogP contribution in [0.3, 0.4) is 0 Å². The minimum atomic E-state index is -0.895. The molecule has 1 amide bonds. The molecule has 25 heavy (non-hydrogen) atoms. The molecule has 0 unspecified atom stereocenters. The van der Waals surface area contributed by atoms with Gasteiger partial charge in [0.25, 0.3) is 0 Å². The van der Waals surface area contributed by atoms with Crippen LogP contribution in [0.25, 0.3) is 5.69 Å². The number of rotatable bonds is 7. The Hall–Kier alpha value is -2.53. The van der Waals surface area contributed by atoms with Crippen molar-refractivity contribution < 1.29 is 9.53 Å². The Bertz CT molecular complexity index is 783. The zero-order valence-corrected chi connectivity index (χ0v) is 15.5. The molecule has 1 heterocycles. The third-order valence-electron chi connectivity index (χ3n) is 3.98. The third kappa shape index (κ3) is 4.31. The Morgan fingerprint density at radius 1 is 1.48 bits per heavy atom. The van der Waals surface area contributed by atoms with Gasteiger partial charge in [0.15, 0.2) is 5.16 Å². The number of amides is 1. The Labute approximate surface area is 151 Å². The summed E-state index contributed by atoms with van der Waals surface area (Å²) in [5.74, 6) is 0.601. The Morgan fingerprint density at radius 3 is 2.84 bits per heavy atom. The summed E-state index contributed by atoms with van der Waals surface area (Å²) in [7, 11) is 1.60. The molecular weight excluding hydrogens is 338 g/mol. The molecule has 2 rings (SSSR count). The summed E-state index contributed by atoms with van der Waals surface area (Å²) in [5, 5.41) is 20.6. The van der Waals surface area contributed by atoms with E-state index in [9.17, 15) is 10.1 Å². The van der Waals surface area contributed by atoms with Crippen LogP contribution < -0.4 is 10.1 Å². The van der Waals surface area contributed by atoms with Crippen LogP contribution in [0.2, 0.25) is 0 Å². The van der Waals surface area contributed by atoms with Gasteiger partial charge in [0, 0.05) is 0 Å². The van der Waals surface area contributed by atoms with Gasteiger partial charge < -0.3 is 10.1 Å². The SMILES string of the molecule is COc1ccccc1-n1cnnc1SCC(=O)N[C@](C)(C#N)C(C)C. The van der Waals surface area contributed by atoms with E-state index in [0.29, 0.717) is 10.9 Å². The summed E-state index contributed by atoms with van der Waals surface area (Å²) < 4.78 is 7.12. The van der Waals surface area contributed by atoms with Crippen LogP contribution in [0.1, 0.15) is 20.8 Å². The largest absolute Gasteiger partial charge is 0.495 e. The lowest BCUT2D eigenvalue weighted by Crippen LogP contribution is -2.49. The van der Waals surface area contributed by atoms with Crippen molar-refractivity contribution in [3.63, 3.8) is 0 Å². The van der Waals surface area contributed by atoms with E-state index in [-0.39, 0.29) is 17.6 Å². The molecule has 7 nitrogen and oxygen atoms in total. The standard InChI is InChI=1S/C17H21N5O2S/c1-12(2)17(3,10-18)20-15(23)9-25-16-21-19-11-22(16)13-7-5-6-8-14(13)24-4/h5-8,11-12H,9H2,1-4H3,(H,20,23)/t17-/m1/s1. The highest BCUT2D eigenvalue weighted by Gasteiger charge is 2.30. The number of para-hydroxylation sites is 2. The van der Waals surface area contributed by atoms with Gasteiger partial charge in [-0.1, -0.05) is 37.7 Å². The highest BCUT2D eigenvalue weighted by atomic mass is 32.2. The second-order valence-electron chi connectivity index (χ2n) is 5.96. The second-order valence-corrected chi connectivity index (χ2v) is 6.90. The number of hydrogen-bond donors (Lipinski definition) is 1. The maximum Gasteiger partial charge on any atom is 0.231 e. The quantitative estimate of drug-likeness (QED) is 0.763. The molecule has 0 radical (unpaired) electrons. The molecule has 8 heteroatoms. The number of carbonyl (C=O) groups is 1. The molecule has 1 aromatic carbocycles.